The van der Waals surface area contributed by atoms with E-state index in [9.17, 15) is 9.59 Å². The van der Waals surface area contributed by atoms with Gasteiger partial charge < -0.3 is 4.57 Å². The molecule has 2 heterocycles. The summed E-state index contributed by atoms with van der Waals surface area (Å²) in [4.78, 5) is 26.2. The van der Waals surface area contributed by atoms with E-state index in [1.165, 1.54) is 4.90 Å². The van der Waals surface area contributed by atoms with Crippen LogP contribution in [0, 0.1) is 0 Å². The van der Waals surface area contributed by atoms with Crippen molar-refractivity contribution in [2.45, 2.75) is 6.54 Å². The minimum absolute atomic E-state index is 0.214. The molecule has 3 aromatic rings. The topological polar surface area (TPSA) is 42.3 Å². The van der Waals surface area contributed by atoms with E-state index in [1.807, 2.05) is 42.1 Å². The van der Waals surface area contributed by atoms with Gasteiger partial charge >= 0.3 is 0 Å². The fraction of sp³-hybridized carbons (Fsp3) is 0.111. The predicted octanol–water partition coefficient (Wildman–Crippen LogP) is 2.97. The molecule has 2 amide bonds. The summed E-state index contributed by atoms with van der Waals surface area (Å²) in [6.07, 6.45) is 1.98. The summed E-state index contributed by atoms with van der Waals surface area (Å²) in [6.45, 7) is 0.299. The largest absolute Gasteiger partial charge is 0.350 e. The first-order valence-corrected chi connectivity index (χ1v) is 7.15. The molecule has 0 saturated carbocycles. The van der Waals surface area contributed by atoms with Crippen molar-refractivity contribution in [3.05, 3.63) is 71.4 Å². The lowest BCUT2D eigenvalue weighted by molar-refractivity contribution is 0.0643. The lowest BCUT2D eigenvalue weighted by atomic mass is 10.1. The molecule has 0 saturated heterocycles. The highest BCUT2D eigenvalue weighted by Gasteiger charge is 2.35. The van der Waals surface area contributed by atoms with Gasteiger partial charge in [0.05, 0.1) is 17.7 Å². The Morgan fingerprint density at radius 2 is 1.45 bits per heavy atom. The molecule has 2 aromatic carbocycles. The van der Waals surface area contributed by atoms with E-state index in [1.54, 1.807) is 24.3 Å². The number of para-hydroxylation sites is 1. The normalized spacial score (nSPS) is 14.0. The number of carbonyl (C=O) groups excluding carboxylic acids is 2. The lowest BCUT2D eigenvalue weighted by Crippen LogP contribution is -2.29. The third kappa shape index (κ3) is 1.70. The summed E-state index contributed by atoms with van der Waals surface area (Å²) in [5.74, 6) is -0.429. The van der Waals surface area contributed by atoms with Gasteiger partial charge in [0.2, 0.25) is 0 Å². The van der Waals surface area contributed by atoms with Gasteiger partial charge in [0, 0.05) is 24.1 Å². The van der Waals surface area contributed by atoms with Crippen LogP contribution in [-0.4, -0.2) is 21.3 Å². The van der Waals surface area contributed by atoms with Crippen LogP contribution >= 0.6 is 0 Å². The van der Waals surface area contributed by atoms with E-state index in [4.69, 9.17) is 0 Å². The third-order valence-electron chi connectivity index (χ3n) is 4.19. The van der Waals surface area contributed by atoms with Crippen LogP contribution < -0.4 is 0 Å². The highest BCUT2D eigenvalue weighted by molar-refractivity contribution is 6.21. The maximum atomic E-state index is 12.5. The van der Waals surface area contributed by atoms with Crippen molar-refractivity contribution < 1.29 is 9.59 Å². The Bertz CT molecular complexity index is 889. The minimum atomic E-state index is -0.214. The summed E-state index contributed by atoms with van der Waals surface area (Å²) in [7, 11) is 1.97. The zero-order valence-corrected chi connectivity index (χ0v) is 12.1. The molecular weight excluding hydrogens is 276 g/mol. The van der Waals surface area contributed by atoms with E-state index >= 15 is 0 Å². The number of aryl methyl sites for hydroxylation is 1. The molecular formula is C18H14N2O2. The Morgan fingerprint density at radius 3 is 2.14 bits per heavy atom. The Kier molecular flexibility index (Phi) is 2.66. The van der Waals surface area contributed by atoms with Crippen molar-refractivity contribution in [1.29, 1.82) is 0 Å². The quantitative estimate of drug-likeness (QED) is 0.681. The van der Waals surface area contributed by atoms with Crippen molar-refractivity contribution in [1.82, 2.24) is 9.47 Å². The number of nitrogens with zero attached hydrogens (tertiary/aromatic N) is 2. The average molecular weight is 290 g/mol. The highest BCUT2D eigenvalue weighted by Crippen LogP contribution is 2.27. The van der Waals surface area contributed by atoms with Gasteiger partial charge in [0.15, 0.2) is 0 Å². The zero-order valence-electron chi connectivity index (χ0n) is 12.1. The van der Waals surface area contributed by atoms with Crippen LogP contribution in [0.2, 0.25) is 0 Å². The molecule has 22 heavy (non-hydrogen) atoms. The third-order valence-corrected chi connectivity index (χ3v) is 4.19. The number of carbonyl (C=O) groups is 2. The first-order chi connectivity index (χ1) is 10.7. The number of benzene rings is 2. The number of aromatic nitrogens is 1. The van der Waals surface area contributed by atoms with Crippen molar-refractivity contribution in [2.24, 2.45) is 7.05 Å². The van der Waals surface area contributed by atoms with Gasteiger partial charge in [-0.2, -0.15) is 0 Å². The van der Waals surface area contributed by atoms with E-state index in [0.717, 1.165) is 16.5 Å². The molecule has 1 aromatic heterocycles. The summed E-state index contributed by atoms with van der Waals surface area (Å²) in [5.41, 5.74) is 3.06. The van der Waals surface area contributed by atoms with Crippen LogP contribution in [0.25, 0.3) is 10.9 Å². The Balaban J connectivity index is 1.76. The predicted molar refractivity (Wildman–Crippen MR) is 83.6 cm³/mol. The molecule has 0 atom stereocenters. The molecule has 0 aliphatic carbocycles. The smallest absolute Gasteiger partial charge is 0.261 e. The van der Waals surface area contributed by atoms with Gasteiger partial charge in [-0.1, -0.05) is 30.3 Å². The number of hydrogen-bond acceptors (Lipinski definition) is 2. The van der Waals surface area contributed by atoms with Gasteiger partial charge in [-0.15, -0.1) is 0 Å². The first kappa shape index (κ1) is 12.8. The molecule has 4 heteroatoms. The summed E-state index contributed by atoms with van der Waals surface area (Å²) in [6, 6.07) is 15.0. The first-order valence-electron chi connectivity index (χ1n) is 7.15. The van der Waals surface area contributed by atoms with Crippen molar-refractivity contribution in [3.8, 4) is 0 Å². The Labute approximate surface area is 127 Å². The number of hydrogen-bond donors (Lipinski definition) is 0. The molecule has 0 N–H and O–H groups in total. The molecule has 1 aliphatic rings. The fourth-order valence-corrected chi connectivity index (χ4v) is 3.10. The zero-order chi connectivity index (χ0) is 15.3. The minimum Gasteiger partial charge on any atom is -0.350 e. The molecule has 0 bridgehead atoms. The second-order valence-electron chi connectivity index (χ2n) is 5.52. The number of imide groups is 1. The van der Waals surface area contributed by atoms with Gasteiger partial charge in [0.1, 0.15) is 0 Å². The van der Waals surface area contributed by atoms with Crippen molar-refractivity contribution in [3.63, 3.8) is 0 Å². The molecule has 0 fully saturated rings. The molecule has 0 spiro atoms. The summed E-state index contributed by atoms with van der Waals surface area (Å²) in [5, 5.41) is 1.07. The monoisotopic (exact) mass is 290 g/mol. The SMILES string of the molecule is Cn1cc(CN2C(=O)c3ccccc3C2=O)c2ccccc21. The van der Waals surface area contributed by atoms with Gasteiger partial charge in [-0.05, 0) is 23.8 Å². The van der Waals surface area contributed by atoms with Gasteiger partial charge in [0.25, 0.3) is 11.8 Å². The van der Waals surface area contributed by atoms with Crippen molar-refractivity contribution >= 4 is 22.7 Å². The average Bonchev–Trinajstić information content (AvgIpc) is 2.99. The maximum Gasteiger partial charge on any atom is 0.261 e. The highest BCUT2D eigenvalue weighted by atomic mass is 16.2. The Morgan fingerprint density at radius 1 is 0.864 bits per heavy atom. The fourth-order valence-electron chi connectivity index (χ4n) is 3.10. The molecule has 0 unspecified atom stereocenters. The van der Waals surface area contributed by atoms with Crippen LogP contribution in [0.4, 0.5) is 0 Å². The van der Waals surface area contributed by atoms with E-state index in [2.05, 4.69) is 0 Å². The number of fused-ring (bicyclic) bond motifs is 2. The standard InChI is InChI=1S/C18H14N2O2/c1-19-10-12(13-6-4-5-9-16(13)19)11-20-17(21)14-7-2-3-8-15(14)18(20)22/h2-10H,11H2,1H3. The summed E-state index contributed by atoms with van der Waals surface area (Å²) >= 11 is 0. The molecule has 108 valence electrons. The maximum absolute atomic E-state index is 12.5. The van der Waals surface area contributed by atoms with Crippen LogP contribution in [0.5, 0.6) is 0 Å². The van der Waals surface area contributed by atoms with Crippen LogP contribution in [-0.2, 0) is 13.6 Å². The molecule has 1 aliphatic heterocycles. The van der Waals surface area contributed by atoms with Crippen LogP contribution in [0.3, 0.4) is 0 Å². The van der Waals surface area contributed by atoms with E-state index in [-0.39, 0.29) is 11.8 Å². The van der Waals surface area contributed by atoms with E-state index in [0.29, 0.717) is 17.7 Å². The number of rotatable bonds is 2. The van der Waals surface area contributed by atoms with Crippen LogP contribution in [0.1, 0.15) is 26.3 Å². The molecule has 4 rings (SSSR count). The number of amides is 2. The summed E-state index contributed by atoms with van der Waals surface area (Å²) < 4.78 is 2.02. The van der Waals surface area contributed by atoms with E-state index < -0.39 is 0 Å². The lowest BCUT2D eigenvalue weighted by Gasteiger charge is -2.13. The van der Waals surface area contributed by atoms with Gasteiger partial charge in [-0.3, -0.25) is 14.5 Å². The van der Waals surface area contributed by atoms with Crippen LogP contribution in [0.15, 0.2) is 54.7 Å². The molecule has 4 nitrogen and oxygen atoms in total. The van der Waals surface area contributed by atoms with Crippen molar-refractivity contribution in [2.75, 3.05) is 0 Å². The second-order valence-corrected chi connectivity index (χ2v) is 5.52. The second kappa shape index (κ2) is 4.56. The molecule has 0 radical (unpaired) electrons. The Hall–Kier alpha value is -2.88. The van der Waals surface area contributed by atoms with Gasteiger partial charge in [-0.25, -0.2) is 0 Å².